The molecular weight excluding hydrogens is 210 g/mol. The van der Waals surface area contributed by atoms with Crippen molar-refractivity contribution in [2.75, 3.05) is 25.2 Å². The molecule has 1 rings (SSSR count). The SMILES string of the molecule is CN(C(=O)COC(C)(C)C)C1CCSC1. The normalized spacial score (nSPS) is 21.7. The molecule has 1 aliphatic heterocycles. The monoisotopic (exact) mass is 231 g/mol. The van der Waals surface area contributed by atoms with Crippen molar-refractivity contribution in [1.29, 1.82) is 0 Å². The van der Waals surface area contributed by atoms with Crippen molar-refractivity contribution in [1.82, 2.24) is 4.90 Å². The molecule has 0 N–H and O–H groups in total. The van der Waals surface area contributed by atoms with Gasteiger partial charge in [0.1, 0.15) is 6.61 Å². The summed E-state index contributed by atoms with van der Waals surface area (Å²) < 4.78 is 5.47. The van der Waals surface area contributed by atoms with E-state index in [1.54, 1.807) is 0 Å². The number of carbonyl (C=O) groups excluding carboxylic acids is 1. The van der Waals surface area contributed by atoms with Crippen molar-refractivity contribution >= 4 is 17.7 Å². The van der Waals surface area contributed by atoms with Crippen LogP contribution in [-0.2, 0) is 9.53 Å². The lowest BCUT2D eigenvalue weighted by Gasteiger charge is -2.26. The van der Waals surface area contributed by atoms with Gasteiger partial charge in [-0.15, -0.1) is 0 Å². The molecule has 1 heterocycles. The maximum atomic E-state index is 11.8. The smallest absolute Gasteiger partial charge is 0.248 e. The molecule has 0 aliphatic carbocycles. The van der Waals surface area contributed by atoms with E-state index in [0.29, 0.717) is 6.04 Å². The van der Waals surface area contributed by atoms with Gasteiger partial charge >= 0.3 is 0 Å². The van der Waals surface area contributed by atoms with Gasteiger partial charge in [-0.3, -0.25) is 4.79 Å². The fourth-order valence-corrected chi connectivity index (χ4v) is 2.68. The summed E-state index contributed by atoms with van der Waals surface area (Å²) >= 11 is 1.92. The highest BCUT2D eigenvalue weighted by Gasteiger charge is 2.24. The van der Waals surface area contributed by atoms with Crippen molar-refractivity contribution in [3.05, 3.63) is 0 Å². The maximum absolute atomic E-state index is 11.8. The second-order valence-corrected chi connectivity index (χ2v) is 6.07. The average Bonchev–Trinajstić information content (AvgIpc) is 2.64. The number of thioether (sulfide) groups is 1. The molecule has 1 saturated heterocycles. The molecule has 1 unspecified atom stereocenters. The van der Waals surface area contributed by atoms with Crippen molar-refractivity contribution in [2.45, 2.75) is 38.8 Å². The first-order valence-electron chi connectivity index (χ1n) is 5.37. The van der Waals surface area contributed by atoms with Gasteiger partial charge in [-0.05, 0) is 32.9 Å². The first-order valence-corrected chi connectivity index (χ1v) is 6.53. The number of ether oxygens (including phenoxy) is 1. The molecular formula is C11H21NO2S. The molecule has 0 aromatic rings. The van der Waals surface area contributed by atoms with Crippen LogP contribution in [0.4, 0.5) is 0 Å². The van der Waals surface area contributed by atoms with Crippen molar-refractivity contribution < 1.29 is 9.53 Å². The summed E-state index contributed by atoms with van der Waals surface area (Å²) in [5, 5.41) is 0. The Bertz CT molecular complexity index is 219. The summed E-state index contributed by atoms with van der Waals surface area (Å²) in [5.74, 6) is 2.33. The fourth-order valence-electron chi connectivity index (χ4n) is 1.41. The topological polar surface area (TPSA) is 29.5 Å². The fraction of sp³-hybridized carbons (Fsp3) is 0.909. The van der Waals surface area contributed by atoms with E-state index in [0.717, 1.165) is 12.2 Å². The number of amides is 1. The molecule has 0 saturated carbocycles. The number of hydrogen-bond donors (Lipinski definition) is 0. The predicted molar refractivity (Wildman–Crippen MR) is 64.2 cm³/mol. The van der Waals surface area contributed by atoms with E-state index in [4.69, 9.17) is 4.74 Å². The van der Waals surface area contributed by atoms with Crippen LogP contribution in [0.1, 0.15) is 27.2 Å². The van der Waals surface area contributed by atoms with Gasteiger partial charge < -0.3 is 9.64 Å². The zero-order valence-corrected chi connectivity index (χ0v) is 10.9. The first-order chi connectivity index (χ1) is 6.90. The molecule has 0 bridgehead atoms. The van der Waals surface area contributed by atoms with E-state index >= 15 is 0 Å². The second-order valence-electron chi connectivity index (χ2n) is 4.92. The zero-order chi connectivity index (χ0) is 11.5. The highest BCUT2D eigenvalue weighted by atomic mass is 32.2. The molecule has 1 aliphatic rings. The number of hydrogen-bond acceptors (Lipinski definition) is 3. The third kappa shape index (κ3) is 4.43. The number of carbonyl (C=O) groups is 1. The Morgan fingerprint density at radius 2 is 2.20 bits per heavy atom. The molecule has 1 fully saturated rings. The number of nitrogens with zero attached hydrogens (tertiary/aromatic N) is 1. The van der Waals surface area contributed by atoms with Crippen LogP contribution >= 0.6 is 11.8 Å². The van der Waals surface area contributed by atoms with Crippen LogP contribution in [0.2, 0.25) is 0 Å². The van der Waals surface area contributed by atoms with Gasteiger partial charge in [-0.1, -0.05) is 0 Å². The zero-order valence-electron chi connectivity index (χ0n) is 10.1. The van der Waals surface area contributed by atoms with Gasteiger partial charge in [0, 0.05) is 18.8 Å². The summed E-state index contributed by atoms with van der Waals surface area (Å²) in [7, 11) is 1.88. The second kappa shape index (κ2) is 5.21. The van der Waals surface area contributed by atoms with Gasteiger partial charge in [-0.25, -0.2) is 0 Å². The largest absolute Gasteiger partial charge is 0.366 e. The lowest BCUT2D eigenvalue weighted by molar-refractivity contribution is -0.141. The molecule has 0 aromatic carbocycles. The van der Waals surface area contributed by atoms with Gasteiger partial charge in [0.2, 0.25) is 5.91 Å². The molecule has 1 amide bonds. The molecule has 0 radical (unpaired) electrons. The third-order valence-corrected chi connectivity index (χ3v) is 3.62. The highest BCUT2D eigenvalue weighted by Crippen LogP contribution is 2.21. The van der Waals surface area contributed by atoms with E-state index in [9.17, 15) is 4.79 Å². The van der Waals surface area contributed by atoms with E-state index in [1.807, 2.05) is 44.5 Å². The molecule has 1 atom stereocenters. The van der Waals surface area contributed by atoms with Crippen LogP contribution in [0.15, 0.2) is 0 Å². The summed E-state index contributed by atoms with van der Waals surface area (Å²) in [5.41, 5.74) is -0.235. The van der Waals surface area contributed by atoms with Gasteiger partial charge in [0.05, 0.1) is 5.60 Å². The van der Waals surface area contributed by atoms with Crippen LogP contribution in [-0.4, -0.2) is 47.6 Å². The lowest BCUT2D eigenvalue weighted by Crippen LogP contribution is -2.40. The lowest BCUT2D eigenvalue weighted by atomic mass is 10.2. The minimum Gasteiger partial charge on any atom is -0.366 e. The van der Waals surface area contributed by atoms with Gasteiger partial charge in [0.25, 0.3) is 0 Å². The van der Waals surface area contributed by atoms with Crippen molar-refractivity contribution in [3.63, 3.8) is 0 Å². The summed E-state index contributed by atoms with van der Waals surface area (Å²) in [6.07, 6.45) is 1.11. The van der Waals surface area contributed by atoms with E-state index in [2.05, 4.69) is 0 Å². The van der Waals surface area contributed by atoms with E-state index in [1.165, 1.54) is 5.75 Å². The van der Waals surface area contributed by atoms with Crippen LogP contribution < -0.4 is 0 Å². The van der Waals surface area contributed by atoms with Crippen LogP contribution in [0.5, 0.6) is 0 Å². The highest BCUT2D eigenvalue weighted by molar-refractivity contribution is 7.99. The minimum absolute atomic E-state index is 0.0948. The predicted octanol–water partition coefficient (Wildman–Crippen LogP) is 1.77. The van der Waals surface area contributed by atoms with E-state index in [-0.39, 0.29) is 18.1 Å². The molecule has 4 heteroatoms. The van der Waals surface area contributed by atoms with Crippen molar-refractivity contribution in [3.8, 4) is 0 Å². The van der Waals surface area contributed by atoms with Crippen LogP contribution in [0, 0.1) is 0 Å². The molecule has 0 spiro atoms. The van der Waals surface area contributed by atoms with Gasteiger partial charge in [-0.2, -0.15) is 11.8 Å². The maximum Gasteiger partial charge on any atom is 0.248 e. The summed E-state index contributed by atoms with van der Waals surface area (Å²) in [4.78, 5) is 13.6. The first kappa shape index (κ1) is 12.8. The number of rotatable bonds is 3. The molecule has 0 aromatic heterocycles. The number of likely N-dealkylation sites (N-methyl/N-ethyl adjacent to an activating group) is 1. The average molecular weight is 231 g/mol. The third-order valence-electron chi connectivity index (χ3n) is 2.48. The Morgan fingerprint density at radius 3 is 2.67 bits per heavy atom. The Hall–Kier alpha value is -0.220. The summed E-state index contributed by atoms with van der Waals surface area (Å²) in [6.45, 7) is 6.09. The molecule has 3 nitrogen and oxygen atoms in total. The standard InChI is InChI=1S/C11H21NO2S/c1-11(2,3)14-7-10(13)12(4)9-5-6-15-8-9/h9H,5-8H2,1-4H3. The Balaban J connectivity index is 2.32. The Labute approximate surface area is 96.5 Å². The Morgan fingerprint density at radius 1 is 1.53 bits per heavy atom. The van der Waals surface area contributed by atoms with Crippen LogP contribution in [0.25, 0.3) is 0 Å². The Kier molecular flexibility index (Phi) is 4.46. The molecule has 15 heavy (non-hydrogen) atoms. The van der Waals surface area contributed by atoms with E-state index < -0.39 is 0 Å². The van der Waals surface area contributed by atoms with Crippen molar-refractivity contribution in [2.24, 2.45) is 0 Å². The summed E-state index contributed by atoms with van der Waals surface area (Å²) in [6, 6.07) is 0.408. The molecule has 88 valence electrons. The van der Waals surface area contributed by atoms with Crippen LogP contribution in [0.3, 0.4) is 0 Å². The van der Waals surface area contributed by atoms with Gasteiger partial charge in [0.15, 0.2) is 0 Å². The minimum atomic E-state index is -0.235. The quantitative estimate of drug-likeness (QED) is 0.741.